The summed E-state index contributed by atoms with van der Waals surface area (Å²) in [5, 5.41) is 0. The number of para-hydroxylation sites is 1. The summed E-state index contributed by atoms with van der Waals surface area (Å²) in [6.07, 6.45) is 0. The van der Waals surface area contributed by atoms with Gasteiger partial charge in [0.25, 0.3) is 0 Å². The van der Waals surface area contributed by atoms with Crippen molar-refractivity contribution < 1.29 is 4.90 Å². The van der Waals surface area contributed by atoms with E-state index in [1.807, 2.05) is 0 Å². The molecule has 1 aliphatic rings. The number of hydrogen-bond donors (Lipinski definition) is 1. The Kier molecular flexibility index (Phi) is 4.38. The smallest absolute Gasteiger partial charge is 0.103 e. The van der Waals surface area contributed by atoms with Gasteiger partial charge in [0, 0.05) is 15.7 Å². The van der Waals surface area contributed by atoms with E-state index in [0.717, 1.165) is 19.6 Å². The Morgan fingerprint density at radius 1 is 0.950 bits per heavy atom. The minimum absolute atomic E-state index is 1.13. The fraction of sp³-hybridized carbons (Fsp3) is 0.294. The lowest BCUT2D eigenvalue weighted by molar-refractivity contribution is -0.914. The van der Waals surface area contributed by atoms with E-state index in [-0.39, 0.29) is 0 Å². The van der Waals surface area contributed by atoms with E-state index in [1.54, 1.807) is 4.90 Å². The fourth-order valence-corrected chi connectivity index (χ4v) is 3.28. The van der Waals surface area contributed by atoms with Gasteiger partial charge >= 0.3 is 0 Å². The molecule has 0 saturated carbocycles. The van der Waals surface area contributed by atoms with Gasteiger partial charge in [0.1, 0.15) is 6.54 Å². The van der Waals surface area contributed by atoms with Crippen LogP contribution >= 0.6 is 15.9 Å². The summed E-state index contributed by atoms with van der Waals surface area (Å²) in [7, 11) is 0. The molecule has 1 heterocycles. The van der Waals surface area contributed by atoms with Crippen molar-refractivity contribution in [2.45, 2.75) is 6.54 Å². The van der Waals surface area contributed by atoms with Crippen molar-refractivity contribution in [1.82, 2.24) is 0 Å². The monoisotopic (exact) mass is 331 g/mol. The lowest BCUT2D eigenvalue weighted by Crippen LogP contribution is -3.13. The van der Waals surface area contributed by atoms with Crippen LogP contribution < -0.4 is 9.80 Å². The highest BCUT2D eigenvalue weighted by atomic mass is 79.9. The van der Waals surface area contributed by atoms with Crippen LogP contribution in [0.3, 0.4) is 0 Å². The van der Waals surface area contributed by atoms with Crippen LogP contribution in [0, 0.1) is 0 Å². The summed E-state index contributed by atoms with van der Waals surface area (Å²) in [6.45, 7) is 5.84. The van der Waals surface area contributed by atoms with E-state index < -0.39 is 0 Å². The third kappa shape index (κ3) is 3.41. The number of rotatable bonds is 3. The lowest BCUT2D eigenvalue weighted by Gasteiger charge is -2.33. The summed E-state index contributed by atoms with van der Waals surface area (Å²) < 4.78 is 1.18. The van der Waals surface area contributed by atoms with E-state index in [2.05, 4.69) is 75.4 Å². The molecule has 2 nitrogen and oxygen atoms in total. The maximum atomic E-state index is 3.55. The van der Waals surface area contributed by atoms with Crippen molar-refractivity contribution >= 4 is 21.6 Å². The van der Waals surface area contributed by atoms with Crippen LogP contribution in [0.1, 0.15) is 5.56 Å². The molecule has 0 bridgehead atoms. The number of piperazine rings is 1. The maximum Gasteiger partial charge on any atom is 0.103 e. The first-order valence-electron chi connectivity index (χ1n) is 7.19. The first kappa shape index (κ1) is 13.7. The minimum Gasteiger partial charge on any atom is -0.360 e. The molecule has 1 aliphatic heterocycles. The van der Waals surface area contributed by atoms with Gasteiger partial charge < -0.3 is 9.80 Å². The third-order valence-corrected chi connectivity index (χ3v) is 4.43. The molecule has 2 aromatic rings. The van der Waals surface area contributed by atoms with Gasteiger partial charge in [0.15, 0.2) is 0 Å². The quantitative estimate of drug-likeness (QED) is 0.907. The zero-order valence-corrected chi connectivity index (χ0v) is 13.1. The molecular formula is C17H20BrN2+. The largest absolute Gasteiger partial charge is 0.360 e. The fourth-order valence-electron chi connectivity index (χ4n) is 2.83. The number of halogens is 1. The van der Waals surface area contributed by atoms with Crippen molar-refractivity contribution in [3.63, 3.8) is 0 Å². The molecule has 3 heteroatoms. The number of benzene rings is 2. The van der Waals surface area contributed by atoms with E-state index in [4.69, 9.17) is 0 Å². The average Bonchev–Trinajstić information content (AvgIpc) is 2.49. The van der Waals surface area contributed by atoms with Crippen molar-refractivity contribution in [2.24, 2.45) is 0 Å². The summed E-state index contributed by atoms with van der Waals surface area (Å²) in [5.74, 6) is 0. The van der Waals surface area contributed by atoms with Crippen molar-refractivity contribution in [2.75, 3.05) is 31.1 Å². The Balaban J connectivity index is 1.56. The predicted octanol–water partition coefficient (Wildman–Crippen LogP) is 2.35. The molecule has 0 aromatic heterocycles. The standard InChI is InChI=1S/C17H19BrN2/c18-16-6-4-5-15(13-16)14-19-9-11-20(12-10-19)17-7-2-1-3-8-17/h1-8,13H,9-12,14H2/p+1. The lowest BCUT2D eigenvalue weighted by atomic mass is 10.2. The van der Waals surface area contributed by atoms with Crippen LogP contribution in [-0.2, 0) is 6.54 Å². The highest BCUT2D eigenvalue weighted by Gasteiger charge is 2.20. The highest BCUT2D eigenvalue weighted by molar-refractivity contribution is 9.10. The van der Waals surface area contributed by atoms with Crippen molar-refractivity contribution in [3.05, 3.63) is 64.6 Å². The molecule has 0 atom stereocenters. The van der Waals surface area contributed by atoms with Gasteiger partial charge in [-0.05, 0) is 24.3 Å². The second-order valence-corrected chi connectivity index (χ2v) is 6.29. The van der Waals surface area contributed by atoms with Gasteiger partial charge in [-0.2, -0.15) is 0 Å². The van der Waals surface area contributed by atoms with Gasteiger partial charge in [-0.25, -0.2) is 0 Å². The van der Waals surface area contributed by atoms with Gasteiger partial charge in [0.2, 0.25) is 0 Å². The molecule has 20 heavy (non-hydrogen) atoms. The SMILES string of the molecule is Brc1cccc(C[NH+]2CCN(c3ccccc3)CC2)c1. The minimum atomic E-state index is 1.13. The Labute approximate surface area is 129 Å². The predicted molar refractivity (Wildman–Crippen MR) is 87.2 cm³/mol. The topological polar surface area (TPSA) is 7.68 Å². The van der Waals surface area contributed by atoms with Crippen LogP contribution in [0.4, 0.5) is 5.69 Å². The van der Waals surface area contributed by atoms with Crippen molar-refractivity contribution in [1.29, 1.82) is 0 Å². The summed E-state index contributed by atoms with van der Waals surface area (Å²) in [6, 6.07) is 19.4. The van der Waals surface area contributed by atoms with Gasteiger partial charge in [0.05, 0.1) is 26.2 Å². The summed E-state index contributed by atoms with van der Waals surface area (Å²) in [4.78, 5) is 4.17. The number of quaternary nitrogens is 1. The molecule has 0 spiro atoms. The van der Waals surface area contributed by atoms with E-state index in [9.17, 15) is 0 Å². The molecule has 0 radical (unpaired) electrons. The molecule has 1 fully saturated rings. The Morgan fingerprint density at radius 2 is 1.70 bits per heavy atom. The molecule has 3 rings (SSSR count). The maximum absolute atomic E-state index is 3.55. The van der Waals surface area contributed by atoms with Crippen molar-refractivity contribution in [3.8, 4) is 0 Å². The highest BCUT2D eigenvalue weighted by Crippen LogP contribution is 2.13. The molecule has 1 saturated heterocycles. The molecule has 0 unspecified atom stereocenters. The average molecular weight is 332 g/mol. The number of hydrogen-bond acceptors (Lipinski definition) is 1. The van der Waals surface area contributed by atoms with Gasteiger partial charge in [-0.3, -0.25) is 0 Å². The Bertz CT molecular complexity index is 548. The van der Waals surface area contributed by atoms with E-state index in [0.29, 0.717) is 0 Å². The number of anilines is 1. The van der Waals surface area contributed by atoms with Crippen LogP contribution in [-0.4, -0.2) is 26.2 Å². The summed E-state index contributed by atoms with van der Waals surface area (Å²) in [5.41, 5.74) is 2.77. The molecular weight excluding hydrogens is 312 g/mol. The van der Waals surface area contributed by atoms with Crippen LogP contribution in [0.25, 0.3) is 0 Å². The molecule has 2 aromatic carbocycles. The number of nitrogens with one attached hydrogen (secondary N) is 1. The third-order valence-electron chi connectivity index (χ3n) is 3.94. The van der Waals surface area contributed by atoms with Crippen LogP contribution in [0.2, 0.25) is 0 Å². The molecule has 1 N–H and O–H groups in total. The second kappa shape index (κ2) is 6.42. The van der Waals surface area contributed by atoms with Crippen LogP contribution in [0.5, 0.6) is 0 Å². The normalized spacial score (nSPS) is 16.4. The molecule has 0 aliphatic carbocycles. The second-order valence-electron chi connectivity index (χ2n) is 5.38. The first-order valence-corrected chi connectivity index (χ1v) is 7.98. The molecule has 0 amide bonds. The first-order chi connectivity index (χ1) is 9.81. The van der Waals surface area contributed by atoms with Gasteiger partial charge in [-0.1, -0.05) is 46.3 Å². The number of nitrogens with zero attached hydrogens (tertiary/aromatic N) is 1. The van der Waals surface area contributed by atoms with E-state index >= 15 is 0 Å². The zero-order valence-electron chi connectivity index (χ0n) is 11.6. The molecule has 104 valence electrons. The Morgan fingerprint density at radius 3 is 2.40 bits per heavy atom. The van der Waals surface area contributed by atoms with E-state index in [1.165, 1.54) is 28.8 Å². The summed E-state index contributed by atoms with van der Waals surface area (Å²) >= 11 is 3.55. The Hall–Kier alpha value is -1.32. The van der Waals surface area contributed by atoms with Gasteiger partial charge in [-0.15, -0.1) is 0 Å². The van der Waals surface area contributed by atoms with Crippen LogP contribution in [0.15, 0.2) is 59.1 Å². The zero-order chi connectivity index (χ0) is 13.8.